The van der Waals surface area contributed by atoms with Crippen LogP contribution in [-0.2, 0) is 6.42 Å². The van der Waals surface area contributed by atoms with Gasteiger partial charge < -0.3 is 10.1 Å². The molecule has 2 rings (SSSR count). The lowest BCUT2D eigenvalue weighted by Gasteiger charge is -2.11. The quantitative estimate of drug-likeness (QED) is 0.536. The number of hydrogen-bond acceptors (Lipinski definition) is 3. The number of hydrogen-bond donors (Lipinski definition) is 1. The van der Waals surface area contributed by atoms with Crippen LogP contribution in [0.25, 0.3) is 0 Å². The van der Waals surface area contributed by atoms with Gasteiger partial charge in [0, 0.05) is 11.4 Å². The van der Waals surface area contributed by atoms with Crippen molar-refractivity contribution in [1.82, 2.24) is 5.32 Å². The zero-order valence-corrected chi connectivity index (χ0v) is 15.2. The van der Waals surface area contributed by atoms with Gasteiger partial charge in [-0.15, -0.1) is 11.8 Å². The summed E-state index contributed by atoms with van der Waals surface area (Å²) in [6, 6.07) is 15.9. The number of carbonyl (C=O) groups excluding carboxylic acids is 1. The molecule has 3 nitrogen and oxygen atoms in total. The molecule has 4 heteroatoms. The predicted molar refractivity (Wildman–Crippen MR) is 101 cm³/mol. The lowest BCUT2D eigenvalue weighted by molar-refractivity contribution is 0.0950. The molecule has 0 fully saturated rings. The van der Waals surface area contributed by atoms with E-state index < -0.39 is 0 Å². The zero-order valence-electron chi connectivity index (χ0n) is 14.4. The van der Waals surface area contributed by atoms with Gasteiger partial charge in [0.25, 0.3) is 5.91 Å². The van der Waals surface area contributed by atoms with E-state index in [1.54, 1.807) is 11.8 Å². The van der Waals surface area contributed by atoms with E-state index in [1.165, 1.54) is 5.56 Å². The molecule has 0 aliphatic rings. The maximum atomic E-state index is 12.4. The SMILES string of the molecule is CCOc1ccccc1CCCNC(=O)c1ccccc1SCC. The van der Waals surface area contributed by atoms with Crippen LogP contribution in [-0.4, -0.2) is 24.8 Å². The second kappa shape index (κ2) is 10.0. The van der Waals surface area contributed by atoms with Gasteiger partial charge in [-0.25, -0.2) is 0 Å². The first-order valence-electron chi connectivity index (χ1n) is 8.47. The van der Waals surface area contributed by atoms with Crippen LogP contribution in [0.3, 0.4) is 0 Å². The molecule has 1 amide bonds. The summed E-state index contributed by atoms with van der Waals surface area (Å²) in [5, 5.41) is 3.03. The highest BCUT2D eigenvalue weighted by Crippen LogP contribution is 2.22. The Labute approximate surface area is 148 Å². The standard InChI is InChI=1S/C20H25NO2S/c1-3-23-18-13-7-5-10-16(18)11-9-15-21-20(22)17-12-6-8-14-19(17)24-4-2/h5-8,10,12-14H,3-4,9,11,15H2,1-2H3,(H,21,22). The second-order valence-electron chi connectivity index (χ2n) is 5.33. The van der Waals surface area contributed by atoms with Crippen LogP contribution < -0.4 is 10.1 Å². The molecule has 0 saturated heterocycles. The Bertz CT molecular complexity index is 658. The van der Waals surface area contributed by atoms with Crippen LogP contribution in [0.15, 0.2) is 53.4 Å². The molecule has 0 aliphatic heterocycles. The minimum Gasteiger partial charge on any atom is -0.494 e. The summed E-state index contributed by atoms with van der Waals surface area (Å²) < 4.78 is 5.64. The van der Waals surface area contributed by atoms with Crippen molar-refractivity contribution in [1.29, 1.82) is 0 Å². The van der Waals surface area contributed by atoms with Gasteiger partial charge in [0.2, 0.25) is 0 Å². The Morgan fingerprint density at radius 3 is 2.62 bits per heavy atom. The highest BCUT2D eigenvalue weighted by molar-refractivity contribution is 7.99. The average molecular weight is 343 g/mol. The third-order valence-electron chi connectivity index (χ3n) is 3.61. The van der Waals surface area contributed by atoms with Gasteiger partial charge in [-0.2, -0.15) is 0 Å². The first kappa shape index (κ1) is 18.4. The molecule has 0 saturated carbocycles. The molecule has 0 radical (unpaired) electrons. The molecule has 2 aromatic carbocycles. The number of amides is 1. The molecule has 0 atom stereocenters. The summed E-state index contributed by atoms with van der Waals surface area (Å²) in [5.74, 6) is 1.90. The Morgan fingerprint density at radius 1 is 1.08 bits per heavy atom. The smallest absolute Gasteiger partial charge is 0.252 e. The number of thioether (sulfide) groups is 1. The molecule has 0 bridgehead atoms. The zero-order chi connectivity index (χ0) is 17.2. The van der Waals surface area contributed by atoms with Crippen molar-refractivity contribution in [3.63, 3.8) is 0 Å². The topological polar surface area (TPSA) is 38.3 Å². The Kier molecular flexibility index (Phi) is 7.69. The summed E-state index contributed by atoms with van der Waals surface area (Å²) in [6.07, 6.45) is 1.78. The van der Waals surface area contributed by atoms with Crippen molar-refractivity contribution in [2.45, 2.75) is 31.6 Å². The molecule has 0 aliphatic carbocycles. The van der Waals surface area contributed by atoms with Crippen LogP contribution >= 0.6 is 11.8 Å². The second-order valence-corrected chi connectivity index (χ2v) is 6.64. The Balaban J connectivity index is 1.85. The Morgan fingerprint density at radius 2 is 1.83 bits per heavy atom. The first-order chi connectivity index (χ1) is 11.8. The summed E-state index contributed by atoms with van der Waals surface area (Å²) in [6.45, 7) is 5.40. The summed E-state index contributed by atoms with van der Waals surface area (Å²) in [4.78, 5) is 13.4. The van der Waals surface area contributed by atoms with E-state index in [0.29, 0.717) is 13.2 Å². The fourth-order valence-electron chi connectivity index (χ4n) is 2.52. The molecule has 0 aromatic heterocycles. The summed E-state index contributed by atoms with van der Waals surface area (Å²) >= 11 is 1.70. The number of carbonyl (C=O) groups is 1. The van der Waals surface area contributed by atoms with Crippen LogP contribution in [0.2, 0.25) is 0 Å². The van der Waals surface area contributed by atoms with Crippen molar-refractivity contribution in [2.24, 2.45) is 0 Å². The molecule has 128 valence electrons. The lowest BCUT2D eigenvalue weighted by atomic mass is 10.1. The molecule has 0 heterocycles. The van der Waals surface area contributed by atoms with Crippen LogP contribution in [0.5, 0.6) is 5.75 Å². The van der Waals surface area contributed by atoms with E-state index in [9.17, 15) is 4.79 Å². The van der Waals surface area contributed by atoms with Gasteiger partial charge in [0.15, 0.2) is 0 Å². The number of aryl methyl sites for hydroxylation is 1. The maximum Gasteiger partial charge on any atom is 0.252 e. The minimum atomic E-state index is 0.00430. The highest BCUT2D eigenvalue weighted by Gasteiger charge is 2.10. The highest BCUT2D eigenvalue weighted by atomic mass is 32.2. The van der Waals surface area contributed by atoms with Gasteiger partial charge in [0.1, 0.15) is 5.75 Å². The molecule has 0 unspecified atom stereocenters. The van der Waals surface area contributed by atoms with E-state index in [2.05, 4.69) is 18.3 Å². The third kappa shape index (κ3) is 5.31. The van der Waals surface area contributed by atoms with E-state index in [1.807, 2.05) is 49.4 Å². The Hall–Kier alpha value is -1.94. The largest absolute Gasteiger partial charge is 0.494 e. The van der Waals surface area contributed by atoms with Crippen molar-refractivity contribution in [3.8, 4) is 5.75 Å². The fraction of sp³-hybridized carbons (Fsp3) is 0.350. The normalized spacial score (nSPS) is 10.4. The van der Waals surface area contributed by atoms with Gasteiger partial charge in [-0.3, -0.25) is 4.79 Å². The predicted octanol–water partition coefficient (Wildman–Crippen LogP) is 4.56. The maximum absolute atomic E-state index is 12.4. The molecule has 24 heavy (non-hydrogen) atoms. The van der Waals surface area contributed by atoms with Gasteiger partial charge >= 0.3 is 0 Å². The number of para-hydroxylation sites is 1. The van der Waals surface area contributed by atoms with Gasteiger partial charge in [-0.05, 0) is 49.3 Å². The summed E-state index contributed by atoms with van der Waals surface area (Å²) in [7, 11) is 0. The fourth-order valence-corrected chi connectivity index (χ4v) is 3.32. The van der Waals surface area contributed by atoms with E-state index in [4.69, 9.17) is 4.74 Å². The van der Waals surface area contributed by atoms with Crippen molar-refractivity contribution in [3.05, 3.63) is 59.7 Å². The monoisotopic (exact) mass is 343 g/mol. The van der Waals surface area contributed by atoms with Crippen molar-refractivity contribution < 1.29 is 9.53 Å². The van der Waals surface area contributed by atoms with Crippen molar-refractivity contribution >= 4 is 17.7 Å². The van der Waals surface area contributed by atoms with Crippen molar-refractivity contribution in [2.75, 3.05) is 18.9 Å². The number of nitrogens with one attached hydrogen (secondary N) is 1. The minimum absolute atomic E-state index is 0.00430. The number of benzene rings is 2. The first-order valence-corrected chi connectivity index (χ1v) is 9.45. The van der Waals surface area contributed by atoms with Gasteiger partial charge in [0.05, 0.1) is 12.2 Å². The number of rotatable bonds is 9. The van der Waals surface area contributed by atoms with Crippen LogP contribution in [0, 0.1) is 0 Å². The van der Waals surface area contributed by atoms with Crippen LogP contribution in [0.1, 0.15) is 36.2 Å². The molecular weight excluding hydrogens is 318 g/mol. The molecule has 1 N–H and O–H groups in total. The molecule has 0 spiro atoms. The summed E-state index contributed by atoms with van der Waals surface area (Å²) in [5.41, 5.74) is 1.95. The third-order valence-corrected chi connectivity index (χ3v) is 4.57. The van der Waals surface area contributed by atoms with Gasteiger partial charge in [-0.1, -0.05) is 37.3 Å². The van der Waals surface area contributed by atoms with E-state index in [0.717, 1.165) is 34.8 Å². The molecule has 2 aromatic rings. The molecular formula is C20H25NO2S. The van der Waals surface area contributed by atoms with Crippen LogP contribution in [0.4, 0.5) is 0 Å². The van der Waals surface area contributed by atoms with E-state index in [-0.39, 0.29) is 5.91 Å². The number of ether oxygens (including phenoxy) is 1. The average Bonchev–Trinajstić information content (AvgIpc) is 2.61. The lowest BCUT2D eigenvalue weighted by Crippen LogP contribution is -2.25. The van der Waals surface area contributed by atoms with E-state index >= 15 is 0 Å².